The second-order valence-corrected chi connectivity index (χ2v) is 37.5. The van der Waals surface area contributed by atoms with E-state index in [4.69, 9.17) is 34.6 Å². The van der Waals surface area contributed by atoms with Crippen LogP contribution in [-0.4, -0.2) is 28.7 Å². The van der Waals surface area contributed by atoms with E-state index in [-0.39, 0.29) is 92.8 Å². The summed E-state index contributed by atoms with van der Waals surface area (Å²) in [6.07, 6.45) is 2.91. The Labute approximate surface area is 818 Å². The Morgan fingerprint density at radius 3 is 0.992 bits per heavy atom. The van der Waals surface area contributed by atoms with Gasteiger partial charge in [0.2, 0.25) is 0 Å². The van der Waals surface area contributed by atoms with E-state index in [0.717, 1.165) is 38.5 Å². The van der Waals surface area contributed by atoms with Crippen LogP contribution in [-0.2, 0) is 92.8 Å². The molecule has 19 rings (SSSR count). The third-order valence-electron chi connectivity index (χ3n) is 22.7. The van der Waals surface area contributed by atoms with Crippen LogP contribution in [0.15, 0.2) is 333 Å². The maximum Gasteiger partial charge on any atom is 0.0830 e. The minimum Gasteiger partial charge on any atom is -0.310 e. The smallest absolute Gasteiger partial charge is 0.0830 e. The number of nitrogens with zero attached hydrogens (tertiary/aromatic N) is 6. The van der Waals surface area contributed by atoms with Crippen LogP contribution in [0.5, 0.6) is 0 Å². The van der Waals surface area contributed by atoms with Crippen LogP contribution in [0.4, 0.5) is 0 Å². The molecule has 19 aromatic rings. The van der Waals surface area contributed by atoms with Gasteiger partial charge in [-0.1, -0.05) is 288 Å². The molecule has 6 aromatic heterocycles. The molecule has 0 aliphatic carbocycles. The normalized spacial score (nSPS) is 14.6. The van der Waals surface area contributed by atoms with Crippen molar-refractivity contribution in [2.75, 3.05) is 0 Å². The summed E-state index contributed by atoms with van der Waals surface area (Å²) in [6.45, 7) is 40.7. The molecule has 0 saturated carbocycles. The molecule has 0 spiro atoms. The second-order valence-electron chi connectivity index (χ2n) is 37.5. The maximum absolute atomic E-state index is 9.52. The van der Waals surface area contributed by atoms with Crippen LogP contribution in [0.25, 0.3) is 161 Å². The molecule has 0 fully saturated rings. The SMILES string of the molecule is CC(C)(C)c1c[c-]c(-c2cc(-n3c4ccc(-c5ccc(C(C)(C)C)cc5)cc4c4cc(-c5ccc(C(C)(C)C)cc5)ccc43)ccn2)cc1.CC(C)(C)c1c[c-]c(-c2cc(-n3c4ccc(C(C)(C)C)cc4c4cc(C(C)(C)C)ccc43)ccn2)cc1.[2H]c1[c-]c(-c2nc([2H])c([2H])c(-n3c4c([2H])c([2H])c(-c5c([2H])c([2H])c([2H])c([2H])c5[2H])c([2H])c4c4c([2H])c(-c5c([2H])c([2H])c([2H])c([2H])c5[2H])c([2H])c([2H])c43)c2[2H])c([2H])c([2H])c1[2H].[Ir].[Ir].[Ir]. The summed E-state index contributed by atoms with van der Waals surface area (Å²) in [5.74, 6) is 0. The van der Waals surface area contributed by atoms with E-state index in [0.29, 0.717) is 0 Å². The molecule has 0 amide bonds. The number of fused-ring (bicyclic) bond motifs is 9. The molecule has 126 heavy (non-hydrogen) atoms. The standard InChI is InChI=1S/C47H47N2.C35H23N2.C35H39N2.3Ir/c1-45(2,3)36-18-10-31(11-19-36)34-16-24-43-40(28-34)41-29-35(32-12-20-37(21-13-32)46(4,5)6)17-25-44(41)49(43)39-26-27-48-42(30-39)33-14-22-38(23-15-33)47(7,8)9;1-4-10-25(11-5-1)28-16-18-34-31(22-28)32-23-29(26-12-6-2-7-13-26)17-19-35(32)37(34)30-20-21-36-33(24-30)27-14-8-3-9-15-27;1-33(2,3)24-12-10-23(11-13-24)30-22-27(18-19-36-30)37-31-16-14-25(34(4,5)6)20-28(31)29-21-26(35(7,8)9)15-17-32(29)37;;;/h10-14,16-30H,1-9H3;1-14,16-24H;10,12-22H,1-9H3;;;/q3*-1;;;/i;1D,2D,3D,4D,5D,6D,7D,8D,9D,10D,11D,12D,13D,14D,16D,17D,18D,19D,20D,21D,22D,23D,24D;;;;. The molecule has 6 nitrogen and oxygen atoms in total. The molecule has 3 radical (unpaired) electrons. The van der Waals surface area contributed by atoms with Crippen molar-refractivity contribution in [3.8, 4) is 95.3 Å². The van der Waals surface area contributed by atoms with Gasteiger partial charge in [0, 0.05) is 131 Å². The monoisotopic (exact) mass is 2200 g/mol. The summed E-state index contributed by atoms with van der Waals surface area (Å²) in [4.78, 5) is 13.4. The molecule has 0 N–H and O–H groups in total. The number of pyridine rings is 3. The van der Waals surface area contributed by atoms with Crippen LogP contribution in [0.1, 0.15) is 190 Å². The Bertz CT molecular complexity index is 8230. The first-order chi connectivity index (χ1) is 68.3. The summed E-state index contributed by atoms with van der Waals surface area (Å²) in [6, 6.07) is 57.9. The Hall–Kier alpha value is -11.3. The zero-order valence-electron chi connectivity index (χ0n) is 96.7. The van der Waals surface area contributed by atoms with Gasteiger partial charge in [0.05, 0.1) is 59.1 Å². The number of hydrogen-bond acceptors (Lipinski definition) is 3. The van der Waals surface area contributed by atoms with Gasteiger partial charge < -0.3 is 28.7 Å². The fourth-order valence-electron chi connectivity index (χ4n) is 15.5. The van der Waals surface area contributed by atoms with Crippen LogP contribution in [0.3, 0.4) is 0 Å². The average Bonchev–Trinajstić information content (AvgIpc) is 1.53. The largest absolute Gasteiger partial charge is 0.310 e. The van der Waals surface area contributed by atoms with Crippen molar-refractivity contribution >= 4 is 65.4 Å². The fraction of sp³-hybridized carbons (Fsp3) is 0.205. The van der Waals surface area contributed by atoms with E-state index < -0.39 is 200 Å². The van der Waals surface area contributed by atoms with Crippen molar-refractivity contribution in [2.45, 2.75) is 157 Å². The van der Waals surface area contributed by atoms with Gasteiger partial charge in [-0.3, -0.25) is 0 Å². The number of aromatic nitrogens is 6. The first-order valence-electron chi connectivity index (χ1n) is 52.9. The Morgan fingerprint density at radius 1 is 0.246 bits per heavy atom. The Balaban J connectivity index is 0.000000179. The third-order valence-corrected chi connectivity index (χ3v) is 22.7. The zero-order valence-corrected chi connectivity index (χ0v) is 80.8. The Morgan fingerprint density at radius 2 is 0.603 bits per heavy atom. The van der Waals surface area contributed by atoms with Crippen LogP contribution in [0, 0.1) is 18.2 Å². The molecule has 0 unspecified atom stereocenters. The van der Waals surface area contributed by atoms with E-state index in [2.05, 4.69) is 339 Å². The van der Waals surface area contributed by atoms with Gasteiger partial charge in [0.15, 0.2) is 0 Å². The molecular weight excluding hydrogens is 2070 g/mol. The second kappa shape index (κ2) is 36.2. The third kappa shape index (κ3) is 18.9. The fourth-order valence-corrected chi connectivity index (χ4v) is 15.5. The molecule has 0 aliphatic rings. The number of rotatable bonds is 10. The van der Waals surface area contributed by atoms with Gasteiger partial charge in [-0.05, 0) is 210 Å². The summed E-state index contributed by atoms with van der Waals surface area (Å²) >= 11 is 0. The Kier molecular flexibility index (Phi) is 18.7. The van der Waals surface area contributed by atoms with E-state index in [1.807, 2.05) is 12.4 Å². The predicted octanol–water partition coefficient (Wildman–Crippen LogP) is 31.4. The average molecular weight is 2200 g/mol. The van der Waals surface area contributed by atoms with Gasteiger partial charge >= 0.3 is 0 Å². The molecule has 13 aromatic carbocycles. The van der Waals surface area contributed by atoms with Crippen molar-refractivity contribution in [3.63, 3.8) is 0 Å². The van der Waals surface area contributed by atoms with Crippen molar-refractivity contribution in [2.24, 2.45) is 0 Å². The number of benzene rings is 13. The van der Waals surface area contributed by atoms with Gasteiger partial charge in [-0.25, -0.2) is 0 Å². The van der Waals surface area contributed by atoms with E-state index in [1.54, 1.807) is 0 Å². The van der Waals surface area contributed by atoms with E-state index in [9.17, 15) is 6.85 Å². The van der Waals surface area contributed by atoms with Crippen LogP contribution in [0.2, 0.25) is 0 Å². The van der Waals surface area contributed by atoms with Gasteiger partial charge in [-0.2, -0.15) is 0 Å². The van der Waals surface area contributed by atoms with Gasteiger partial charge in [0.25, 0.3) is 0 Å². The van der Waals surface area contributed by atoms with Crippen molar-refractivity contribution in [1.82, 2.24) is 28.7 Å². The molecule has 9 heteroatoms. The van der Waals surface area contributed by atoms with Crippen molar-refractivity contribution in [1.29, 1.82) is 0 Å². The maximum atomic E-state index is 9.52. The molecule has 0 bridgehead atoms. The first-order valence-corrected chi connectivity index (χ1v) is 41.4. The topological polar surface area (TPSA) is 53.5 Å². The van der Waals surface area contributed by atoms with E-state index >= 15 is 0 Å². The molecule has 637 valence electrons. The summed E-state index contributed by atoms with van der Waals surface area (Å²) in [7, 11) is 0. The van der Waals surface area contributed by atoms with Crippen LogP contribution < -0.4 is 0 Å². The van der Waals surface area contributed by atoms with Crippen molar-refractivity contribution in [3.05, 3.63) is 385 Å². The molecule has 6 heterocycles. The zero-order chi connectivity index (χ0) is 106. The summed E-state index contributed by atoms with van der Waals surface area (Å²) in [5, 5.41) is 3.87. The summed E-state index contributed by atoms with van der Waals surface area (Å²) < 4.78 is 205. The molecule has 0 atom stereocenters. The minimum atomic E-state index is -0.950. The molecule has 0 aliphatic heterocycles. The first kappa shape index (κ1) is 65.3. The molecular formula is C117H109Ir3N6-3. The quantitative estimate of drug-likeness (QED) is 0.128. The van der Waals surface area contributed by atoms with Crippen molar-refractivity contribution < 1.29 is 91.8 Å². The number of hydrogen-bond donors (Lipinski definition) is 0. The molecule has 0 saturated heterocycles. The van der Waals surface area contributed by atoms with E-state index in [1.165, 1.54) is 99.2 Å². The minimum absolute atomic E-state index is 0. The van der Waals surface area contributed by atoms with Gasteiger partial charge in [-0.15, -0.1) is 107 Å². The predicted molar refractivity (Wildman–Crippen MR) is 522 cm³/mol. The van der Waals surface area contributed by atoms with Crippen LogP contribution >= 0.6 is 0 Å². The summed E-state index contributed by atoms with van der Waals surface area (Å²) in [5.41, 5.74) is 18.2. The van der Waals surface area contributed by atoms with Gasteiger partial charge in [0.1, 0.15) is 0 Å².